The number of aliphatic hydroxyl groups is 1. The molecule has 22 heavy (non-hydrogen) atoms. The van der Waals surface area contributed by atoms with Crippen LogP contribution < -0.4 is 10.6 Å². The molecule has 1 unspecified atom stereocenters. The van der Waals surface area contributed by atoms with Gasteiger partial charge >= 0.3 is 0 Å². The highest BCUT2D eigenvalue weighted by atomic mass is 16.5. The van der Waals surface area contributed by atoms with E-state index < -0.39 is 5.54 Å². The van der Waals surface area contributed by atoms with Gasteiger partial charge in [-0.25, -0.2) is 0 Å². The zero-order valence-corrected chi connectivity index (χ0v) is 12.3. The monoisotopic (exact) mass is 304 g/mol. The Labute approximate surface area is 129 Å². The summed E-state index contributed by atoms with van der Waals surface area (Å²) in [6.07, 6.45) is 2.33. The summed E-state index contributed by atoms with van der Waals surface area (Å²) >= 11 is 0. The fraction of sp³-hybridized carbons (Fsp3) is 0.375. The standard InChI is InChI=1S/C16H20N2O4/c1-2-14(20)17-13-5-3-12(4-6-13)15(21)18-16(7-9-19)8-10-22-11-16/h2-6,19H,1,7-11H2,(H,17,20)(H,18,21). The molecule has 1 atom stereocenters. The van der Waals surface area contributed by atoms with E-state index in [-0.39, 0.29) is 18.4 Å². The first-order chi connectivity index (χ1) is 10.6. The zero-order valence-electron chi connectivity index (χ0n) is 12.3. The zero-order chi connectivity index (χ0) is 16.0. The van der Waals surface area contributed by atoms with Gasteiger partial charge in [-0.3, -0.25) is 9.59 Å². The van der Waals surface area contributed by atoms with Crippen molar-refractivity contribution in [2.45, 2.75) is 18.4 Å². The Hall–Kier alpha value is -2.18. The lowest BCUT2D eigenvalue weighted by Crippen LogP contribution is -2.49. The van der Waals surface area contributed by atoms with Crippen molar-refractivity contribution < 1.29 is 19.4 Å². The van der Waals surface area contributed by atoms with Gasteiger partial charge in [0, 0.05) is 24.5 Å². The van der Waals surface area contributed by atoms with Gasteiger partial charge in [0.1, 0.15) is 0 Å². The van der Waals surface area contributed by atoms with Gasteiger partial charge in [0.05, 0.1) is 12.1 Å². The molecule has 6 heteroatoms. The molecule has 0 bridgehead atoms. The Morgan fingerprint density at radius 3 is 2.64 bits per heavy atom. The van der Waals surface area contributed by atoms with E-state index in [1.165, 1.54) is 6.08 Å². The Balaban J connectivity index is 2.03. The topological polar surface area (TPSA) is 87.7 Å². The summed E-state index contributed by atoms with van der Waals surface area (Å²) in [5.41, 5.74) is 0.582. The second-order valence-electron chi connectivity index (χ2n) is 5.28. The summed E-state index contributed by atoms with van der Waals surface area (Å²) in [7, 11) is 0. The van der Waals surface area contributed by atoms with Crippen LogP contribution in [0.3, 0.4) is 0 Å². The van der Waals surface area contributed by atoms with Crippen molar-refractivity contribution in [3.63, 3.8) is 0 Å². The quantitative estimate of drug-likeness (QED) is 0.686. The number of carbonyl (C=O) groups excluding carboxylic acids is 2. The molecule has 1 fully saturated rings. The number of hydrogen-bond donors (Lipinski definition) is 3. The second kappa shape index (κ2) is 7.20. The van der Waals surface area contributed by atoms with Gasteiger partial charge < -0.3 is 20.5 Å². The molecule has 0 radical (unpaired) electrons. The van der Waals surface area contributed by atoms with Gasteiger partial charge in [-0.15, -0.1) is 0 Å². The number of benzene rings is 1. The first-order valence-corrected chi connectivity index (χ1v) is 7.13. The van der Waals surface area contributed by atoms with Crippen LogP contribution in [0.1, 0.15) is 23.2 Å². The van der Waals surface area contributed by atoms with Crippen LogP contribution in [0.5, 0.6) is 0 Å². The van der Waals surface area contributed by atoms with Crippen LogP contribution in [-0.2, 0) is 9.53 Å². The predicted octanol–water partition coefficient (Wildman–Crippen LogP) is 1.08. The average molecular weight is 304 g/mol. The van der Waals surface area contributed by atoms with Gasteiger partial charge in [-0.2, -0.15) is 0 Å². The lowest BCUT2D eigenvalue weighted by atomic mass is 9.94. The maximum atomic E-state index is 12.3. The van der Waals surface area contributed by atoms with Crippen LogP contribution in [0, 0.1) is 0 Å². The Morgan fingerprint density at radius 1 is 1.36 bits per heavy atom. The molecule has 1 heterocycles. The fourth-order valence-corrected chi connectivity index (χ4v) is 2.39. The molecule has 0 saturated carbocycles. The van der Waals surface area contributed by atoms with Crippen molar-refractivity contribution in [2.24, 2.45) is 0 Å². The van der Waals surface area contributed by atoms with Crippen molar-refractivity contribution >= 4 is 17.5 Å². The SMILES string of the molecule is C=CC(=O)Nc1ccc(C(=O)NC2(CCO)CCOC2)cc1. The van der Waals surface area contributed by atoms with Crippen LogP contribution in [0.2, 0.25) is 0 Å². The van der Waals surface area contributed by atoms with E-state index in [0.717, 1.165) is 0 Å². The van der Waals surface area contributed by atoms with E-state index in [2.05, 4.69) is 17.2 Å². The summed E-state index contributed by atoms with van der Waals surface area (Å²) in [4.78, 5) is 23.5. The number of amides is 2. The highest BCUT2D eigenvalue weighted by Gasteiger charge is 2.36. The summed E-state index contributed by atoms with van der Waals surface area (Å²) in [6.45, 7) is 4.36. The molecular weight excluding hydrogens is 284 g/mol. The van der Waals surface area contributed by atoms with Crippen molar-refractivity contribution in [2.75, 3.05) is 25.1 Å². The van der Waals surface area contributed by atoms with E-state index in [1.54, 1.807) is 24.3 Å². The van der Waals surface area contributed by atoms with Gasteiger partial charge in [0.15, 0.2) is 0 Å². The van der Waals surface area contributed by atoms with Crippen LogP contribution in [-0.4, -0.2) is 42.3 Å². The fourth-order valence-electron chi connectivity index (χ4n) is 2.39. The predicted molar refractivity (Wildman–Crippen MR) is 82.6 cm³/mol. The van der Waals surface area contributed by atoms with E-state index in [1.807, 2.05) is 0 Å². The number of ether oxygens (including phenoxy) is 1. The maximum absolute atomic E-state index is 12.3. The molecule has 1 aliphatic heterocycles. The molecule has 3 N–H and O–H groups in total. The van der Waals surface area contributed by atoms with Gasteiger partial charge in [-0.1, -0.05) is 6.58 Å². The number of nitrogens with one attached hydrogen (secondary N) is 2. The third-order valence-corrected chi connectivity index (χ3v) is 3.67. The molecule has 1 aromatic rings. The van der Waals surface area contributed by atoms with Crippen molar-refractivity contribution in [3.05, 3.63) is 42.5 Å². The minimum Gasteiger partial charge on any atom is -0.396 e. The highest BCUT2D eigenvalue weighted by molar-refractivity contribution is 5.99. The summed E-state index contributed by atoms with van der Waals surface area (Å²) in [5, 5.41) is 14.7. The summed E-state index contributed by atoms with van der Waals surface area (Å²) in [5.74, 6) is -0.525. The van der Waals surface area contributed by atoms with Crippen LogP contribution in [0.25, 0.3) is 0 Å². The van der Waals surface area contributed by atoms with Crippen LogP contribution in [0.15, 0.2) is 36.9 Å². The van der Waals surface area contributed by atoms with Crippen molar-refractivity contribution in [1.29, 1.82) is 0 Å². The normalized spacial score (nSPS) is 20.4. The number of anilines is 1. The number of hydrogen-bond acceptors (Lipinski definition) is 4. The third-order valence-electron chi connectivity index (χ3n) is 3.67. The molecule has 0 aliphatic carbocycles. The molecule has 6 nitrogen and oxygen atoms in total. The number of rotatable bonds is 6. The average Bonchev–Trinajstić information content (AvgIpc) is 2.96. The van der Waals surface area contributed by atoms with E-state index >= 15 is 0 Å². The molecule has 2 amide bonds. The van der Waals surface area contributed by atoms with E-state index in [9.17, 15) is 9.59 Å². The molecular formula is C16H20N2O4. The lowest BCUT2D eigenvalue weighted by Gasteiger charge is -2.28. The van der Waals surface area contributed by atoms with Crippen LogP contribution in [0.4, 0.5) is 5.69 Å². The number of carbonyl (C=O) groups is 2. The third kappa shape index (κ3) is 3.93. The lowest BCUT2D eigenvalue weighted by molar-refractivity contribution is -0.111. The Morgan fingerprint density at radius 2 is 2.09 bits per heavy atom. The Bertz CT molecular complexity index is 548. The van der Waals surface area contributed by atoms with E-state index in [4.69, 9.17) is 9.84 Å². The van der Waals surface area contributed by atoms with Crippen LogP contribution >= 0.6 is 0 Å². The molecule has 118 valence electrons. The van der Waals surface area contributed by atoms with Crippen molar-refractivity contribution in [1.82, 2.24) is 5.32 Å². The van der Waals surface area contributed by atoms with Gasteiger partial charge in [0.2, 0.25) is 5.91 Å². The second-order valence-corrected chi connectivity index (χ2v) is 5.28. The maximum Gasteiger partial charge on any atom is 0.251 e. The summed E-state index contributed by atoms with van der Waals surface area (Å²) in [6, 6.07) is 6.58. The highest BCUT2D eigenvalue weighted by Crippen LogP contribution is 2.23. The number of aliphatic hydroxyl groups excluding tert-OH is 1. The molecule has 1 aromatic carbocycles. The molecule has 0 aromatic heterocycles. The van der Waals surface area contributed by atoms with Gasteiger partial charge in [0.25, 0.3) is 5.91 Å². The smallest absolute Gasteiger partial charge is 0.251 e. The molecule has 2 rings (SSSR count). The van der Waals surface area contributed by atoms with Crippen molar-refractivity contribution in [3.8, 4) is 0 Å². The minimum atomic E-state index is -0.498. The molecule has 1 saturated heterocycles. The van der Waals surface area contributed by atoms with E-state index in [0.29, 0.717) is 37.3 Å². The molecule has 1 aliphatic rings. The molecule has 0 spiro atoms. The largest absolute Gasteiger partial charge is 0.396 e. The Kier molecular flexibility index (Phi) is 5.30. The first-order valence-electron chi connectivity index (χ1n) is 7.13. The summed E-state index contributed by atoms with van der Waals surface area (Å²) < 4.78 is 5.34. The van der Waals surface area contributed by atoms with Gasteiger partial charge in [-0.05, 0) is 43.2 Å². The first kappa shape index (κ1) is 16.2. The minimum absolute atomic E-state index is 0.00381.